The van der Waals surface area contributed by atoms with Crippen LogP contribution in [0.5, 0.6) is 5.75 Å². The summed E-state index contributed by atoms with van der Waals surface area (Å²) in [6.45, 7) is 3.38. The van der Waals surface area contributed by atoms with Crippen LogP contribution in [0.15, 0.2) is 46.9 Å². The minimum atomic E-state index is -0.105. The Kier molecular flexibility index (Phi) is 7.09. The molecule has 1 N–H and O–H groups in total. The Morgan fingerprint density at radius 1 is 1.25 bits per heavy atom. The van der Waals surface area contributed by atoms with Crippen molar-refractivity contribution in [3.63, 3.8) is 0 Å². The second-order valence-electron chi connectivity index (χ2n) is 5.57. The molecule has 0 unspecified atom stereocenters. The predicted molar refractivity (Wildman–Crippen MR) is 102 cm³/mol. The van der Waals surface area contributed by atoms with Gasteiger partial charge in [0.2, 0.25) is 5.91 Å². The SMILES string of the molecule is Cc1ccc(NC(=O)CN(C)CCOc2ccc(Br)cc2)c(Cl)c1. The highest BCUT2D eigenvalue weighted by Crippen LogP contribution is 2.22. The molecule has 0 aliphatic heterocycles. The molecule has 0 saturated heterocycles. The van der Waals surface area contributed by atoms with Gasteiger partial charge in [0.1, 0.15) is 12.4 Å². The first-order valence-corrected chi connectivity index (χ1v) is 8.74. The molecular weight excluding hydrogens is 392 g/mol. The van der Waals surface area contributed by atoms with Crippen molar-refractivity contribution in [3.05, 3.63) is 57.5 Å². The first-order valence-electron chi connectivity index (χ1n) is 7.57. The maximum atomic E-state index is 12.1. The van der Waals surface area contributed by atoms with Gasteiger partial charge in [-0.05, 0) is 55.9 Å². The molecule has 128 valence electrons. The molecule has 0 saturated carbocycles. The van der Waals surface area contributed by atoms with Crippen LogP contribution in [0.4, 0.5) is 5.69 Å². The number of carbonyl (C=O) groups is 1. The van der Waals surface area contributed by atoms with Crippen molar-refractivity contribution in [2.24, 2.45) is 0 Å². The van der Waals surface area contributed by atoms with Gasteiger partial charge in [0.05, 0.1) is 17.3 Å². The Hall–Kier alpha value is -1.56. The zero-order chi connectivity index (χ0) is 17.5. The highest BCUT2D eigenvalue weighted by molar-refractivity contribution is 9.10. The van der Waals surface area contributed by atoms with E-state index < -0.39 is 0 Å². The van der Waals surface area contributed by atoms with E-state index in [0.717, 1.165) is 15.8 Å². The lowest BCUT2D eigenvalue weighted by Crippen LogP contribution is -2.33. The average molecular weight is 412 g/mol. The summed E-state index contributed by atoms with van der Waals surface area (Å²) in [6, 6.07) is 13.2. The molecule has 2 aromatic carbocycles. The number of nitrogens with one attached hydrogen (secondary N) is 1. The van der Waals surface area contributed by atoms with Crippen LogP contribution in [0.2, 0.25) is 5.02 Å². The number of carbonyl (C=O) groups excluding carboxylic acids is 1. The lowest BCUT2D eigenvalue weighted by molar-refractivity contribution is -0.117. The number of rotatable bonds is 7. The summed E-state index contributed by atoms with van der Waals surface area (Å²) in [5.41, 5.74) is 1.69. The molecule has 24 heavy (non-hydrogen) atoms. The molecule has 0 heterocycles. The quantitative estimate of drug-likeness (QED) is 0.736. The van der Waals surface area contributed by atoms with E-state index in [1.807, 2.05) is 61.3 Å². The van der Waals surface area contributed by atoms with E-state index in [-0.39, 0.29) is 12.5 Å². The summed E-state index contributed by atoms with van der Waals surface area (Å²) >= 11 is 9.50. The van der Waals surface area contributed by atoms with Gasteiger partial charge in [-0.3, -0.25) is 9.69 Å². The van der Waals surface area contributed by atoms with Gasteiger partial charge in [-0.1, -0.05) is 33.6 Å². The van der Waals surface area contributed by atoms with Gasteiger partial charge in [-0.25, -0.2) is 0 Å². The monoisotopic (exact) mass is 410 g/mol. The van der Waals surface area contributed by atoms with Crippen LogP contribution in [-0.4, -0.2) is 37.6 Å². The minimum absolute atomic E-state index is 0.105. The Bertz CT molecular complexity index is 692. The highest BCUT2D eigenvalue weighted by atomic mass is 79.9. The molecule has 6 heteroatoms. The van der Waals surface area contributed by atoms with E-state index in [1.165, 1.54) is 0 Å². The minimum Gasteiger partial charge on any atom is -0.492 e. The summed E-state index contributed by atoms with van der Waals surface area (Å²) in [5.74, 6) is 0.703. The van der Waals surface area contributed by atoms with E-state index >= 15 is 0 Å². The smallest absolute Gasteiger partial charge is 0.238 e. The third kappa shape index (κ3) is 6.15. The molecule has 0 radical (unpaired) electrons. The van der Waals surface area contributed by atoms with Gasteiger partial charge in [0, 0.05) is 11.0 Å². The van der Waals surface area contributed by atoms with Gasteiger partial charge in [0.25, 0.3) is 0 Å². The number of likely N-dealkylation sites (N-methyl/N-ethyl adjacent to an activating group) is 1. The molecule has 1 amide bonds. The van der Waals surface area contributed by atoms with Crippen molar-refractivity contribution in [2.45, 2.75) is 6.92 Å². The van der Waals surface area contributed by atoms with Gasteiger partial charge in [-0.2, -0.15) is 0 Å². The number of halogens is 2. The molecule has 2 aromatic rings. The highest BCUT2D eigenvalue weighted by Gasteiger charge is 2.09. The van der Waals surface area contributed by atoms with Crippen LogP contribution >= 0.6 is 27.5 Å². The molecule has 0 spiro atoms. The van der Waals surface area contributed by atoms with Gasteiger partial charge < -0.3 is 10.1 Å². The average Bonchev–Trinajstić information content (AvgIpc) is 2.52. The predicted octanol–water partition coefficient (Wildman–Crippen LogP) is 4.36. The zero-order valence-corrected chi connectivity index (χ0v) is 16.0. The Labute approximate surface area is 155 Å². The lowest BCUT2D eigenvalue weighted by atomic mass is 10.2. The molecule has 4 nitrogen and oxygen atoms in total. The van der Waals surface area contributed by atoms with Crippen LogP contribution in [0.1, 0.15) is 5.56 Å². The fourth-order valence-corrected chi connectivity index (χ4v) is 2.63. The number of amides is 1. The first kappa shape index (κ1) is 18.8. The maximum Gasteiger partial charge on any atom is 0.238 e. The molecule has 0 aromatic heterocycles. The van der Waals surface area contributed by atoms with Crippen LogP contribution in [0.3, 0.4) is 0 Å². The maximum absolute atomic E-state index is 12.1. The van der Waals surface area contributed by atoms with Crippen molar-refractivity contribution >= 4 is 39.1 Å². The second-order valence-corrected chi connectivity index (χ2v) is 6.89. The molecule has 0 aliphatic rings. The van der Waals surface area contributed by atoms with E-state index in [4.69, 9.17) is 16.3 Å². The Morgan fingerprint density at radius 2 is 1.96 bits per heavy atom. The fourth-order valence-electron chi connectivity index (χ4n) is 2.09. The molecular formula is C18H20BrClN2O2. The van der Waals surface area contributed by atoms with E-state index in [1.54, 1.807) is 0 Å². The summed E-state index contributed by atoms with van der Waals surface area (Å²) in [6.07, 6.45) is 0. The number of hydrogen-bond acceptors (Lipinski definition) is 3. The van der Waals surface area contributed by atoms with Crippen molar-refractivity contribution in [1.82, 2.24) is 4.90 Å². The van der Waals surface area contributed by atoms with Crippen molar-refractivity contribution in [3.8, 4) is 5.75 Å². The lowest BCUT2D eigenvalue weighted by Gasteiger charge is -2.17. The molecule has 0 fully saturated rings. The van der Waals surface area contributed by atoms with Crippen molar-refractivity contribution in [1.29, 1.82) is 0 Å². The number of anilines is 1. The van der Waals surface area contributed by atoms with Crippen LogP contribution < -0.4 is 10.1 Å². The van der Waals surface area contributed by atoms with Gasteiger partial charge in [0.15, 0.2) is 0 Å². The summed E-state index contributed by atoms with van der Waals surface area (Å²) in [7, 11) is 1.88. The standard InChI is InChI=1S/C18H20BrClN2O2/c1-13-3-8-17(16(20)11-13)21-18(23)12-22(2)9-10-24-15-6-4-14(19)5-7-15/h3-8,11H,9-10,12H2,1-2H3,(H,21,23). The summed E-state index contributed by atoms with van der Waals surface area (Å²) in [5, 5.41) is 3.37. The van der Waals surface area contributed by atoms with Crippen molar-refractivity contribution in [2.75, 3.05) is 32.1 Å². The molecule has 0 atom stereocenters. The molecule has 0 aliphatic carbocycles. The zero-order valence-electron chi connectivity index (χ0n) is 13.7. The van der Waals surface area contributed by atoms with E-state index in [2.05, 4.69) is 21.2 Å². The summed E-state index contributed by atoms with van der Waals surface area (Å²) in [4.78, 5) is 14.0. The Balaban J connectivity index is 1.74. The van der Waals surface area contributed by atoms with E-state index in [9.17, 15) is 4.79 Å². The van der Waals surface area contributed by atoms with Gasteiger partial charge >= 0.3 is 0 Å². The fraction of sp³-hybridized carbons (Fsp3) is 0.278. The van der Waals surface area contributed by atoms with Crippen LogP contribution in [0, 0.1) is 6.92 Å². The number of benzene rings is 2. The molecule has 2 rings (SSSR count). The number of aryl methyl sites for hydroxylation is 1. The normalized spacial score (nSPS) is 10.7. The number of ether oxygens (including phenoxy) is 1. The first-order chi connectivity index (χ1) is 11.4. The second kappa shape index (κ2) is 9.06. The Morgan fingerprint density at radius 3 is 2.62 bits per heavy atom. The van der Waals surface area contributed by atoms with Crippen LogP contribution in [0.25, 0.3) is 0 Å². The van der Waals surface area contributed by atoms with Gasteiger partial charge in [-0.15, -0.1) is 0 Å². The topological polar surface area (TPSA) is 41.6 Å². The van der Waals surface area contributed by atoms with E-state index in [0.29, 0.717) is 23.9 Å². The number of nitrogens with zero attached hydrogens (tertiary/aromatic N) is 1. The van der Waals surface area contributed by atoms with Crippen LogP contribution in [-0.2, 0) is 4.79 Å². The molecule has 0 bridgehead atoms. The third-order valence-electron chi connectivity index (χ3n) is 3.37. The number of hydrogen-bond donors (Lipinski definition) is 1. The largest absolute Gasteiger partial charge is 0.492 e. The van der Waals surface area contributed by atoms with Crippen molar-refractivity contribution < 1.29 is 9.53 Å². The summed E-state index contributed by atoms with van der Waals surface area (Å²) < 4.78 is 6.66. The third-order valence-corrected chi connectivity index (χ3v) is 4.21.